The van der Waals surface area contributed by atoms with Crippen LogP contribution in [-0.4, -0.2) is 34.7 Å². The molecule has 1 aromatic carbocycles. The molecule has 1 heterocycles. The molecule has 1 aliphatic heterocycles. The van der Waals surface area contributed by atoms with Crippen molar-refractivity contribution < 1.29 is 9.50 Å². The van der Waals surface area contributed by atoms with Gasteiger partial charge in [-0.05, 0) is 38.0 Å². The molecule has 0 amide bonds. The zero-order valence-corrected chi connectivity index (χ0v) is 10.9. The van der Waals surface area contributed by atoms with Crippen LogP contribution in [0.5, 0.6) is 0 Å². The van der Waals surface area contributed by atoms with Gasteiger partial charge in [0.15, 0.2) is 0 Å². The van der Waals surface area contributed by atoms with E-state index in [2.05, 4.69) is 4.90 Å². The molecule has 1 fully saturated rings. The highest BCUT2D eigenvalue weighted by Gasteiger charge is 2.36. The van der Waals surface area contributed by atoms with Crippen LogP contribution in [-0.2, 0) is 0 Å². The van der Waals surface area contributed by atoms with Crippen molar-refractivity contribution in [3.63, 3.8) is 0 Å². The Hall–Kier alpha value is -0.970. The van der Waals surface area contributed by atoms with Crippen molar-refractivity contribution in [2.75, 3.05) is 13.1 Å². The predicted molar refractivity (Wildman–Crippen MR) is 69.6 cm³/mol. The average Bonchev–Trinajstić information content (AvgIpc) is 2.58. The third-order valence-electron chi connectivity index (χ3n) is 3.56. The second kappa shape index (κ2) is 4.96. The van der Waals surface area contributed by atoms with Crippen LogP contribution < -0.4 is 5.73 Å². The fourth-order valence-electron chi connectivity index (χ4n) is 2.76. The minimum atomic E-state index is -0.666. The number of halogens is 1. The first-order valence-electron chi connectivity index (χ1n) is 6.36. The van der Waals surface area contributed by atoms with E-state index in [1.165, 1.54) is 12.1 Å². The summed E-state index contributed by atoms with van der Waals surface area (Å²) in [5.41, 5.74) is 6.25. The van der Waals surface area contributed by atoms with Gasteiger partial charge in [0.05, 0.1) is 5.60 Å². The van der Waals surface area contributed by atoms with Crippen LogP contribution in [0.15, 0.2) is 24.3 Å². The van der Waals surface area contributed by atoms with E-state index in [9.17, 15) is 9.50 Å². The number of aliphatic hydroxyl groups is 1. The molecule has 4 heteroatoms. The van der Waals surface area contributed by atoms with Gasteiger partial charge in [-0.25, -0.2) is 4.39 Å². The van der Waals surface area contributed by atoms with Crippen LogP contribution in [0.3, 0.4) is 0 Å². The molecular weight excluding hydrogens is 231 g/mol. The highest BCUT2D eigenvalue weighted by molar-refractivity contribution is 5.22. The molecule has 3 nitrogen and oxygen atoms in total. The van der Waals surface area contributed by atoms with E-state index in [0.29, 0.717) is 6.54 Å². The number of hydrogen-bond acceptors (Lipinski definition) is 3. The standard InChI is InChI=1S/C14H21FN2O/c1-10(16)13(11-4-3-5-12(15)8-11)17-7-6-14(2,18)9-17/h3-5,8,10,13,18H,6-7,9,16H2,1-2H3. The monoisotopic (exact) mass is 252 g/mol. The Bertz CT molecular complexity index is 420. The zero-order valence-electron chi connectivity index (χ0n) is 10.9. The molecule has 3 N–H and O–H groups in total. The van der Waals surface area contributed by atoms with Gasteiger partial charge in [-0.1, -0.05) is 12.1 Å². The van der Waals surface area contributed by atoms with Crippen LogP contribution >= 0.6 is 0 Å². The van der Waals surface area contributed by atoms with Crippen LogP contribution in [0.4, 0.5) is 4.39 Å². The molecule has 0 aliphatic carbocycles. The van der Waals surface area contributed by atoms with E-state index in [0.717, 1.165) is 18.5 Å². The molecular formula is C14H21FN2O. The number of nitrogens with two attached hydrogens (primary N) is 1. The van der Waals surface area contributed by atoms with E-state index in [1.54, 1.807) is 6.07 Å². The quantitative estimate of drug-likeness (QED) is 0.860. The van der Waals surface area contributed by atoms with Crippen molar-refractivity contribution >= 4 is 0 Å². The topological polar surface area (TPSA) is 49.5 Å². The van der Waals surface area contributed by atoms with Gasteiger partial charge in [0.2, 0.25) is 0 Å². The van der Waals surface area contributed by atoms with Gasteiger partial charge in [0.1, 0.15) is 5.82 Å². The first-order valence-corrected chi connectivity index (χ1v) is 6.36. The van der Waals surface area contributed by atoms with Gasteiger partial charge >= 0.3 is 0 Å². The highest BCUT2D eigenvalue weighted by atomic mass is 19.1. The van der Waals surface area contributed by atoms with Crippen molar-refractivity contribution in [3.05, 3.63) is 35.6 Å². The Morgan fingerprint density at radius 1 is 1.50 bits per heavy atom. The lowest BCUT2D eigenvalue weighted by Gasteiger charge is -2.32. The summed E-state index contributed by atoms with van der Waals surface area (Å²) in [4.78, 5) is 2.14. The van der Waals surface area contributed by atoms with E-state index in [1.807, 2.05) is 19.9 Å². The summed E-state index contributed by atoms with van der Waals surface area (Å²) in [7, 11) is 0. The van der Waals surface area contributed by atoms with E-state index < -0.39 is 5.60 Å². The summed E-state index contributed by atoms with van der Waals surface area (Å²) >= 11 is 0. The first kappa shape index (κ1) is 13.5. The van der Waals surface area contributed by atoms with Crippen molar-refractivity contribution in [2.45, 2.75) is 38.0 Å². The molecule has 0 spiro atoms. The van der Waals surface area contributed by atoms with Crippen LogP contribution in [0.25, 0.3) is 0 Å². The first-order chi connectivity index (χ1) is 8.39. The number of rotatable bonds is 3. The van der Waals surface area contributed by atoms with Crippen molar-refractivity contribution in [2.24, 2.45) is 5.73 Å². The maximum atomic E-state index is 13.3. The lowest BCUT2D eigenvalue weighted by molar-refractivity contribution is 0.0601. The van der Waals surface area contributed by atoms with Gasteiger partial charge in [-0.2, -0.15) is 0 Å². The number of hydrogen-bond donors (Lipinski definition) is 2. The Morgan fingerprint density at radius 2 is 2.22 bits per heavy atom. The van der Waals surface area contributed by atoms with Gasteiger partial charge in [0, 0.05) is 25.2 Å². The average molecular weight is 252 g/mol. The third-order valence-corrected chi connectivity index (χ3v) is 3.56. The van der Waals surface area contributed by atoms with Crippen molar-refractivity contribution in [1.82, 2.24) is 4.90 Å². The molecule has 3 unspecified atom stereocenters. The minimum Gasteiger partial charge on any atom is -0.389 e. The van der Waals surface area contributed by atoms with Gasteiger partial charge in [-0.15, -0.1) is 0 Å². The SMILES string of the molecule is CC(N)C(c1cccc(F)c1)N1CCC(C)(O)C1. The molecule has 100 valence electrons. The normalized spacial score (nSPS) is 28.3. The van der Waals surface area contributed by atoms with Crippen LogP contribution in [0.2, 0.25) is 0 Å². The molecule has 0 aromatic heterocycles. The second-order valence-electron chi connectivity index (χ2n) is 5.58. The molecule has 18 heavy (non-hydrogen) atoms. The van der Waals surface area contributed by atoms with E-state index >= 15 is 0 Å². The maximum absolute atomic E-state index is 13.3. The molecule has 1 aliphatic rings. The van der Waals surface area contributed by atoms with E-state index in [4.69, 9.17) is 5.73 Å². The van der Waals surface area contributed by atoms with Crippen molar-refractivity contribution in [1.29, 1.82) is 0 Å². The fourth-order valence-corrected chi connectivity index (χ4v) is 2.76. The number of benzene rings is 1. The molecule has 1 saturated heterocycles. The number of nitrogens with zero attached hydrogens (tertiary/aromatic N) is 1. The summed E-state index contributed by atoms with van der Waals surface area (Å²) < 4.78 is 13.3. The number of likely N-dealkylation sites (tertiary alicyclic amines) is 1. The number of β-amino-alcohol motifs (C(OH)–C–C–N with tert-alkyl or cyclic N) is 1. The molecule has 0 bridgehead atoms. The molecule has 0 radical (unpaired) electrons. The van der Waals surface area contributed by atoms with Crippen LogP contribution in [0.1, 0.15) is 31.9 Å². The van der Waals surface area contributed by atoms with E-state index in [-0.39, 0.29) is 17.9 Å². The predicted octanol–water partition coefficient (Wildman–Crippen LogP) is 1.67. The summed E-state index contributed by atoms with van der Waals surface area (Å²) in [5, 5.41) is 10.0. The lowest BCUT2D eigenvalue weighted by atomic mass is 9.99. The third kappa shape index (κ3) is 2.88. The summed E-state index contributed by atoms with van der Waals surface area (Å²) in [6.07, 6.45) is 0.728. The Morgan fingerprint density at radius 3 is 2.72 bits per heavy atom. The largest absolute Gasteiger partial charge is 0.389 e. The van der Waals surface area contributed by atoms with Gasteiger partial charge in [-0.3, -0.25) is 4.90 Å². The minimum absolute atomic E-state index is 0.0466. The second-order valence-corrected chi connectivity index (χ2v) is 5.58. The molecule has 2 rings (SSSR count). The van der Waals surface area contributed by atoms with Gasteiger partial charge < -0.3 is 10.8 Å². The molecule has 0 saturated carbocycles. The van der Waals surface area contributed by atoms with Crippen molar-refractivity contribution in [3.8, 4) is 0 Å². The maximum Gasteiger partial charge on any atom is 0.123 e. The summed E-state index contributed by atoms with van der Waals surface area (Å²) in [6.45, 7) is 5.12. The molecule has 3 atom stereocenters. The summed E-state index contributed by atoms with van der Waals surface area (Å²) in [6, 6.07) is 6.40. The van der Waals surface area contributed by atoms with Gasteiger partial charge in [0.25, 0.3) is 0 Å². The Kier molecular flexibility index (Phi) is 3.71. The highest BCUT2D eigenvalue weighted by Crippen LogP contribution is 2.31. The lowest BCUT2D eigenvalue weighted by Crippen LogP contribution is -2.40. The fraction of sp³-hybridized carbons (Fsp3) is 0.571. The Balaban J connectivity index is 2.24. The zero-order chi connectivity index (χ0) is 13.3. The Labute approximate surface area is 107 Å². The molecule has 1 aromatic rings. The summed E-state index contributed by atoms with van der Waals surface area (Å²) in [5.74, 6) is -0.246. The smallest absolute Gasteiger partial charge is 0.123 e. The van der Waals surface area contributed by atoms with Crippen LogP contribution in [0, 0.1) is 5.82 Å².